The molecule has 19 heavy (non-hydrogen) atoms. The van der Waals surface area contributed by atoms with Gasteiger partial charge in [-0.2, -0.15) is 0 Å². The van der Waals surface area contributed by atoms with Gasteiger partial charge in [-0.05, 0) is 24.3 Å². The molecule has 2 heteroatoms. The molecule has 0 unspecified atom stereocenters. The molecule has 1 N–H and O–H groups in total. The predicted octanol–water partition coefficient (Wildman–Crippen LogP) is 5.18. The molecule has 104 valence electrons. The summed E-state index contributed by atoms with van der Waals surface area (Å²) >= 11 is 0. The molecule has 1 heterocycles. The van der Waals surface area contributed by atoms with E-state index in [-0.39, 0.29) is 0 Å². The first-order valence-electron chi connectivity index (χ1n) is 6.87. The first-order valence-corrected chi connectivity index (χ1v) is 6.87. The topological polar surface area (TPSA) is 15.3 Å². The van der Waals surface area contributed by atoms with Crippen LogP contribution in [0, 0.1) is 0 Å². The van der Waals surface area contributed by atoms with Gasteiger partial charge in [-0.1, -0.05) is 53.0 Å². The molecule has 1 aromatic carbocycles. The van der Waals surface area contributed by atoms with Crippen LogP contribution in [0.2, 0.25) is 0 Å². The van der Waals surface area contributed by atoms with E-state index >= 15 is 0 Å². The highest BCUT2D eigenvalue weighted by Gasteiger charge is 2.17. The van der Waals surface area contributed by atoms with Gasteiger partial charge >= 0.3 is 0 Å². The van der Waals surface area contributed by atoms with Gasteiger partial charge in [-0.3, -0.25) is 0 Å². The maximum atomic E-state index is 3.82. The number of anilines is 2. The molecule has 0 bridgehead atoms. The molecule has 2 rings (SSSR count). The molecule has 0 amide bonds. The highest BCUT2D eigenvalue weighted by atomic mass is 15.2. The Bertz CT molecular complexity index is 444. The zero-order chi connectivity index (χ0) is 14.8. The SMILES string of the molecule is C=CC1=C(C=C)N(C)c2ccccc2N1.CC.CC. The zero-order valence-electron chi connectivity index (χ0n) is 12.8. The molecular weight excluding hydrogens is 232 g/mol. The lowest BCUT2D eigenvalue weighted by Gasteiger charge is -2.30. The smallest absolute Gasteiger partial charge is 0.0647 e. The third kappa shape index (κ3) is 3.75. The predicted molar refractivity (Wildman–Crippen MR) is 88.6 cm³/mol. The van der Waals surface area contributed by atoms with Crippen LogP contribution in [0.15, 0.2) is 61.0 Å². The molecule has 0 aromatic heterocycles. The van der Waals surface area contributed by atoms with Crippen LogP contribution in [-0.4, -0.2) is 7.05 Å². The minimum atomic E-state index is 0.992. The summed E-state index contributed by atoms with van der Waals surface area (Å²) in [5, 5.41) is 3.33. The van der Waals surface area contributed by atoms with Gasteiger partial charge in [-0.15, -0.1) is 0 Å². The maximum absolute atomic E-state index is 3.82. The van der Waals surface area contributed by atoms with Crippen LogP contribution in [0.25, 0.3) is 0 Å². The van der Waals surface area contributed by atoms with Crippen molar-refractivity contribution in [2.45, 2.75) is 27.7 Å². The third-order valence-electron chi connectivity index (χ3n) is 2.57. The lowest BCUT2D eigenvalue weighted by atomic mass is 10.1. The van der Waals surface area contributed by atoms with Crippen molar-refractivity contribution in [3.05, 3.63) is 61.0 Å². The van der Waals surface area contributed by atoms with Crippen LogP contribution >= 0.6 is 0 Å². The van der Waals surface area contributed by atoms with Crippen molar-refractivity contribution in [2.75, 3.05) is 17.3 Å². The largest absolute Gasteiger partial charge is 0.352 e. The Morgan fingerprint density at radius 2 is 1.58 bits per heavy atom. The summed E-state index contributed by atoms with van der Waals surface area (Å²) in [6, 6.07) is 8.16. The summed E-state index contributed by atoms with van der Waals surface area (Å²) < 4.78 is 0. The van der Waals surface area contributed by atoms with Gasteiger partial charge in [0.25, 0.3) is 0 Å². The fourth-order valence-corrected chi connectivity index (χ4v) is 1.79. The van der Waals surface area contributed by atoms with Crippen LogP contribution in [0.1, 0.15) is 27.7 Å². The van der Waals surface area contributed by atoms with E-state index in [1.54, 1.807) is 0 Å². The van der Waals surface area contributed by atoms with E-state index in [0.29, 0.717) is 0 Å². The number of benzene rings is 1. The molecule has 0 saturated carbocycles. The molecule has 0 fully saturated rings. The summed E-state index contributed by atoms with van der Waals surface area (Å²) in [5.74, 6) is 0. The van der Waals surface area contributed by atoms with E-state index in [1.165, 1.54) is 0 Å². The molecule has 2 nitrogen and oxygen atoms in total. The highest BCUT2D eigenvalue weighted by Crippen LogP contribution is 2.34. The number of nitrogens with one attached hydrogen (secondary N) is 1. The number of likely N-dealkylation sites (N-methyl/N-ethyl adjacent to an activating group) is 1. The van der Waals surface area contributed by atoms with Crippen molar-refractivity contribution in [1.29, 1.82) is 0 Å². The van der Waals surface area contributed by atoms with E-state index in [1.807, 2.05) is 59.0 Å². The summed E-state index contributed by atoms with van der Waals surface area (Å²) in [6.45, 7) is 15.6. The second-order valence-corrected chi connectivity index (χ2v) is 3.41. The van der Waals surface area contributed by atoms with Crippen molar-refractivity contribution >= 4 is 11.4 Å². The summed E-state index contributed by atoms with van der Waals surface area (Å²) in [7, 11) is 2.03. The Labute approximate surface area is 118 Å². The van der Waals surface area contributed by atoms with E-state index in [4.69, 9.17) is 0 Å². The van der Waals surface area contributed by atoms with Crippen LogP contribution in [-0.2, 0) is 0 Å². The summed E-state index contributed by atoms with van der Waals surface area (Å²) in [5.41, 5.74) is 4.29. The maximum Gasteiger partial charge on any atom is 0.0647 e. The Balaban J connectivity index is 0.000000741. The first kappa shape index (κ1) is 17.0. The average molecular weight is 258 g/mol. The Kier molecular flexibility index (Phi) is 8.10. The molecule has 1 aromatic rings. The van der Waals surface area contributed by atoms with Gasteiger partial charge in [0.1, 0.15) is 0 Å². The van der Waals surface area contributed by atoms with E-state index < -0.39 is 0 Å². The summed E-state index contributed by atoms with van der Waals surface area (Å²) in [4.78, 5) is 2.11. The number of hydrogen-bond donors (Lipinski definition) is 1. The van der Waals surface area contributed by atoms with Gasteiger partial charge in [0.05, 0.1) is 22.8 Å². The van der Waals surface area contributed by atoms with Crippen LogP contribution in [0.4, 0.5) is 11.4 Å². The van der Waals surface area contributed by atoms with E-state index in [2.05, 4.69) is 35.5 Å². The number of para-hydroxylation sites is 2. The molecule has 1 aliphatic rings. The average Bonchev–Trinajstić information content (AvgIpc) is 2.51. The second-order valence-electron chi connectivity index (χ2n) is 3.41. The van der Waals surface area contributed by atoms with Gasteiger partial charge < -0.3 is 10.2 Å². The Morgan fingerprint density at radius 1 is 1.00 bits per heavy atom. The molecule has 0 aliphatic carbocycles. The Morgan fingerprint density at radius 3 is 2.11 bits per heavy atom. The minimum absolute atomic E-state index is 0.992. The minimum Gasteiger partial charge on any atom is -0.352 e. The van der Waals surface area contributed by atoms with Crippen molar-refractivity contribution in [2.24, 2.45) is 0 Å². The number of fused-ring (bicyclic) bond motifs is 1. The van der Waals surface area contributed by atoms with Gasteiger partial charge in [0, 0.05) is 7.05 Å². The third-order valence-corrected chi connectivity index (χ3v) is 2.57. The lowest BCUT2D eigenvalue weighted by Crippen LogP contribution is -2.24. The van der Waals surface area contributed by atoms with E-state index in [0.717, 1.165) is 22.8 Å². The standard InChI is InChI=1S/C13H14N2.2C2H6/c1-4-10-12(5-2)15(3)13-9-7-6-8-11(13)14-10;2*1-2/h4-9,14H,1-2H2,3H3;2*1-2H3. The number of rotatable bonds is 2. The van der Waals surface area contributed by atoms with E-state index in [9.17, 15) is 0 Å². The molecule has 0 radical (unpaired) electrons. The molecule has 0 atom stereocenters. The fourth-order valence-electron chi connectivity index (χ4n) is 1.79. The van der Waals surface area contributed by atoms with Crippen LogP contribution in [0.3, 0.4) is 0 Å². The normalized spacial score (nSPS) is 11.9. The number of hydrogen-bond acceptors (Lipinski definition) is 2. The van der Waals surface area contributed by atoms with Crippen LogP contribution in [0.5, 0.6) is 0 Å². The number of nitrogens with zero attached hydrogens (tertiary/aromatic N) is 1. The first-order chi connectivity index (χ1) is 9.27. The quantitative estimate of drug-likeness (QED) is 0.786. The Hall–Kier alpha value is -1.96. The molecule has 0 saturated heterocycles. The van der Waals surface area contributed by atoms with Crippen molar-refractivity contribution < 1.29 is 0 Å². The van der Waals surface area contributed by atoms with Crippen molar-refractivity contribution in [1.82, 2.24) is 0 Å². The highest BCUT2D eigenvalue weighted by molar-refractivity contribution is 5.79. The van der Waals surface area contributed by atoms with Crippen molar-refractivity contribution in [3.8, 4) is 0 Å². The monoisotopic (exact) mass is 258 g/mol. The van der Waals surface area contributed by atoms with Gasteiger partial charge in [0.2, 0.25) is 0 Å². The van der Waals surface area contributed by atoms with Gasteiger partial charge in [-0.25, -0.2) is 0 Å². The summed E-state index contributed by atoms with van der Waals surface area (Å²) in [6.07, 6.45) is 3.64. The van der Waals surface area contributed by atoms with Crippen molar-refractivity contribution in [3.63, 3.8) is 0 Å². The zero-order valence-corrected chi connectivity index (χ0v) is 12.8. The number of allylic oxidation sites excluding steroid dienone is 2. The second kappa shape index (κ2) is 9.03. The van der Waals surface area contributed by atoms with Crippen LogP contribution < -0.4 is 10.2 Å². The molecule has 1 aliphatic heterocycles. The molecule has 0 spiro atoms. The molecular formula is C17H26N2. The fraction of sp³-hybridized carbons (Fsp3) is 0.294. The lowest BCUT2D eigenvalue weighted by molar-refractivity contribution is 1.09. The van der Waals surface area contributed by atoms with Gasteiger partial charge in [0.15, 0.2) is 0 Å².